The molecule has 0 aromatic heterocycles. The van der Waals surface area contributed by atoms with E-state index in [2.05, 4.69) is 17.4 Å². The van der Waals surface area contributed by atoms with Crippen LogP contribution in [0, 0.1) is 5.92 Å². The Labute approximate surface area is 114 Å². The summed E-state index contributed by atoms with van der Waals surface area (Å²) in [6, 6.07) is 6.34. The minimum atomic E-state index is 0.242. The highest BCUT2D eigenvalue weighted by Crippen LogP contribution is 2.26. The van der Waals surface area contributed by atoms with Crippen molar-refractivity contribution >= 4 is 5.78 Å². The molecule has 1 aromatic carbocycles. The molecule has 102 valence electrons. The Hall–Kier alpha value is -1.35. The summed E-state index contributed by atoms with van der Waals surface area (Å²) in [6.07, 6.45) is 4.73. The Morgan fingerprint density at radius 3 is 3.21 bits per heavy atom. The quantitative estimate of drug-likeness (QED) is 0.900. The van der Waals surface area contributed by atoms with Crippen LogP contribution in [-0.2, 0) is 17.6 Å². The van der Waals surface area contributed by atoms with E-state index in [1.54, 1.807) is 0 Å². The summed E-state index contributed by atoms with van der Waals surface area (Å²) in [5, 5.41) is 3.31. The van der Waals surface area contributed by atoms with Gasteiger partial charge in [-0.2, -0.15) is 0 Å². The molecule has 1 aromatic rings. The Balaban J connectivity index is 1.55. The van der Waals surface area contributed by atoms with Crippen LogP contribution in [0.1, 0.15) is 30.4 Å². The predicted molar refractivity (Wildman–Crippen MR) is 74.6 cm³/mol. The van der Waals surface area contributed by atoms with Crippen molar-refractivity contribution in [2.24, 2.45) is 5.92 Å². The van der Waals surface area contributed by atoms with Crippen LogP contribution in [0.5, 0.6) is 5.75 Å². The van der Waals surface area contributed by atoms with E-state index in [-0.39, 0.29) is 5.92 Å². The summed E-state index contributed by atoms with van der Waals surface area (Å²) < 4.78 is 5.50. The van der Waals surface area contributed by atoms with Gasteiger partial charge in [0.25, 0.3) is 0 Å². The number of fused-ring (bicyclic) bond motifs is 1. The Morgan fingerprint density at radius 2 is 2.37 bits per heavy atom. The van der Waals surface area contributed by atoms with Crippen molar-refractivity contribution in [2.45, 2.75) is 32.1 Å². The molecule has 1 saturated heterocycles. The van der Waals surface area contributed by atoms with Crippen LogP contribution in [0.25, 0.3) is 0 Å². The lowest BCUT2D eigenvalue weighted by Gasteiger charge is -2.21. The zero-order valence-electron chi connectivity index (χ0n) is 11.3. The number of hydrogen-bond acceptors (Lipinski definition) is 3. The van der Waals surface area contributed by atoms with E-state index in [0.717, 1.165) is 51.1 Å². The van der Waals surface area contributed by atoms with Crippen LogP contribution in [-0.4, -0.2) is 25.5 Å². The van der Waals surface area contributed by atoms with Gasteiger partial charge in [0, 0.05) is 25.3 Å². The van der Waals surface area contributed by atoms with Crippen molar-refractivity contribution in [1.82, 2.24) is 5.32 Å². The zero-order valence-corrected chi connectivity index (χ0v) is 11.3. The normalized spacial score (nSPS) is 21.8. The number of aryl methyl sites for hydroxylation is 1. The van der Waals surface area contributed by atoms with Crippen LogP contribution >= 0.6 is 0 Å². The highest BCUT2D eigenvalue weighted by atomic mass is 16.5. The molecule has 2 heterocycles. The fourth-order valence-corrected chi connectivity index (χ4v) is 2.99. The van der Waals surface area contributed by atoms with Crippen molar-refractivity contribution in [3.63, 3.8) is 0 Å². The number of ether oxygens (including phenoxy) is 1. The van der Waals surface area contributed by atoms with Gasteiger partial charge in [-0.25, -0.2) is 0 Å². The van der Waals surface area contributed by atoms with E-state index in [4.69, 9.17) is 4.74 Å². The van der Waals surface area contributed by atoms with E-state index < -0.39 is 0 Å². The molecule has 1 fully saturated rings. The van der Waals surface area contributed by atoms with Crippen LogP contribution < -0.4 is 10.1 Å². The number of nitrogens with one attached hydrogen (secondary N) is 1. The summed E-state index contributed by atoms with van der Waals surface area (Å²) in [7, 11) is 0. The highest BCUT2D eigenvalue weighted by molar-refractivity contribution is 5.81. The van der Waals surface area contributed by atoms with Gasteiger partial charge in [0.2, 0.25) is 0 Å². The first kappa shape index (κ1) is 12.7. The molecular weight excluding hydrogens is 238 g/mol. The molecule has 1 N–H and O–H groups in total. The average Bonchev–Trinajstić information content (AvgIpc) is 2.93. The van der Waals surface area contributed by atoms with E-state index in [1.165, 1.54) is 11.1 Å². The number of carbonyl (C=O) groups excluding carboxylic acids is 1. The maximum atomic E-state index is 12.1. The number of carbonyl (C=O) groups is 1. The SMILES string of the molecule is O=C(CCc1ccc2c(c1)CCO2)C1CCCNC1. The number of rotatable bonds is 4. The number of benzene rings is 1. The van der Waals surface area contributed by atoms with Crippen LogP contribution in [0.2, 0.25) is 0 Å². The Bertz CT molecular complexity index is 464. The lowest BCUT2D eigenvalue weighted by molar-refractivity contribution is -0.123. The number of Topliss-reactive ketones (excluding diaryl/α,β-unsaturated/α-hetero) is 1. The first-order chi connectivity index (χ1) is 9.33. The summed E-state index contributed by atoms with van der Waals surface area (Å²) >= 11 is 0. The minimum absolute atomic E-state index is 0.242. The molecule has 0 amide bonds. The van der Waals surface area contributed by atoms with Crippen LogP contribution in [0.4, 0.5) is 0 Å². The monoisotopic (exact) mass is 259 g/mol. The van der Waals surface area contributed by atoms with Gasteiger partial charge in [0.15, 0.2) is 0 Å². The molecule has 1 atom stereocenters. The third-order valence-electron chi connectivity index (χ3n) is 4.17. The van der Waals surface area contributed by atoms with E-state index in [9.17, 15) is 4.79 Å². The van der Waals surface area contributed by atoms with Crippen molar-refractivity contribution in [2.75, 3.05) is 19.7 Å². The fourth-order valence-electron chi connectivity index (χ4n) is 2.99. The number of piperidine rings is 1. The highest BCUT2D eigenvalue weighted by Gasteiger charge is 2.20. The molecule has 3 heteroatoms. The second kappa shape index (κ2) is 5.74. The van der Waals surface area contributed by atoms with E-state index in [1.807, 2.05) is 6.07 Å². The Morgan fingerprint density at radius 1 is 1.42 bits per heavy atom. The third kappa shape index (κ3) is 2.98. The predicted octanol–water partition coefficient (Wildman–Crippen LogP) is 2.12. The fraction of sp³-hybridized carbons (Fsp3) is 0.562. The summed E-state index contributed by atoms with van der Waals surface area (Å²) in [6.45, 7) is 2.73. The second-order valence-electron chi connectivity index (χ2n) is 5.55. The minimum Gasteiger partial charge on any atom is -0.493 e. The largest absolute Gasteiger partial charge is 0.493 e. The van der Waals surface area contributed by atoms with Gasteiger partial charge in [-0.05, 0) is 43.0 Å². The molecule has 0 bridgehead atoms. The van der Waals surface area contributed by atoms with Gasteiger partial charge in [-0.3, -0.25) is 4.79 Å². The number of ketones is 1. The lowest BCUT2D eigenvalue weighted by atomic mass is 9.91. The van der Waals surface area contributed by atoms with Crippen LogP contribution in [0.3, 0.4) is 0 Å². The zero-order chi connectivity index (χ0) is 13.1. The van der Waals surface area contributed by atoms with Gasteiger partial charge in [-0.15, -0.1) is 0 Å². The smallest absolute Gasteiger partial charge is 0.137 e. The molecule has 0 aliphatic carbocycles. The van der Waals surface area contributed by atoms with E-state index in [0.29, 0.717) is 12.2 Å². The van der Waals surface area contributed by atoms with Crippen molar-refractivity contribution in [3.8, 4) is 5.75 Å². The average molecular weight is 259 g/mol. The standard InChI is InChI=1S/C16H21NO2/c18-15(14-2-1-8-17-11-14)5-3-12-4-6-16-13(10-12)7-9-19-16/h4,6,10,14,17H,1-3,5,7-9,11H2. The topological polar surface area (TPSA) is 38.3 Å². The molecular formula is C16H21NO2. The molecule has 2 aliphatic rings. The lowest BCUT2D eigenvalue weighted by Crippen LogP contribution is -2.34. The molecule has 0 spiro atoms. The van der Waals surface area contributed by atoms with Gasteiger partial charge in [0.1, 0.15) is 11.5 Å². The first-order valence-corrected chi connectivity index (χ1v) is 7.31. The van der Waals surface area contributed by atoms with Crippen molar-refractivity contribution in [3.05, 3.63) is 29.3 Å². The molecule has 1 unspecified atom stereocenters. The number of hydrogen-bond donors (Lipinski definition) is 1. The van der Waals surface area contributed by atoms with Crippen molar-refractivity contribution in [1.29, 1.82) is 0 Å². The molecule has 19 heavy (non-hydrogen) atoms. The van der Waals surface area contributed by atoms with Crippen molar-refractivity contribution < 1.29 is 9.53 Å². The van der Waals surface area contributed by atoms with Gasteiger partial charge in [-0.1, -0.05) is 12.1 Å². The summed E-state index contributed by atoms with van der Waals surface area (Å²) in [5.74, 6) is 1.68. The summed E-state index contributed by atoms with van der Waals surface area (Å²) in [5.41, 5.74) is 2.56. The first-order valence-electron chi connectivity index (χ1n) is 7.31. The maximum Gasteiger partial charge on any atom is 0.137 e. The molecule has 3 nitrogen and oxygen atoms in total. The molecule has 2 aliphatic heterocycles. The maximum absolute atomic E-state index is 12.1. The summed E-state index contributed by atoms with van der Waals surface area (Å²) in [4.78, 5) is 12.1. The molecule has 0 radical (unpaired) electrons. The molecule has 0 saturated carbocycles. The Kier molecular flexibility index (Phi) is 3.83. The molecule has 3 rings (SSSR count). The third-order valence-corrected chi connectivity index (χ3v) is 4.17. The second-order valence-corrected chi connectivity index (χ2v) is 5.55. The van der Waals surface area contributed by atoms with E-state index >= 15 is 0 Å². The van der Waals surface area contributed by atoms with Gasteiger partial charge in [0.05, 0.1) is 6.61 Å². The van der Waals surface area contributed by atoms with Gasteiger partial charge >= 0.3 is 0 Å². The van der Waals surface area contributed by atoms with Gasteiger partial charge < -0.3 is 10.1 Å². The van der Waals surface area contributed by atoms with Crippen LogP contribution in [0.15, 0.2) is 18.2 Å².